The number of carbonyl (C=O) groups is 1. The predicted octanol–water partition coefficient (Wildman–Crippen LogP) is 4.72. The molecular weight excluding hydrogens is 320 g/mol. The highest BCUT2D eigenvalue weighted by Gasteiger charge is 2.20. The Balaban J connectivity index is 1.72. The summed E-state index contributed by atoms with van der Waals surface area (Å²) in [6, 6.07) is 15.4. The van der Waals surface area contributed by atoms with Crippen molar-refractivity contribution in [3.8, 4) is 11.5 Å². The number of hydrogen-bond donors (Lipinski definition) is 0. The highest BCUT2D eigenvalue weighted by atomic mass is 32.2. The van der Waals surface area contributed by atoms with Gasteiger partial charge in [0.25, 0.3) is 5.22 Å². The number of benzene rings is 2. The molecule has 0 amide bonds. The summed E-state index contributed by atoms with van der Waals surface area (Å²) in [5.74, 6) is 0.520. The van der Waals surface area contributed by atoms with E-state index in [1.807, 2.05) is 69.3 Å². The van der Waals surface area contributed by atoms with Gasteiger partial charge in [-0.3, -0.25) is 4.79 Å². The minimum Gasteiger partial charge on any atom is -0.411 e. The highest BCUT2D eigenvalue weighted by Crippen LogP contribution is 2.28. The lowest BCUT2D eigenvalue weighted by atomic mass is 10.1. The van der Waals surface area contributed by atoms with E-state index in [2.05, 4.69) is 10.2 Å². The van der Waals surface area contributed by atoms with Crippen molar-refractivity contribution in [2.24, 2.45) is 0 Å². The third-order valence-electron chi connectivity index (χ3n) is 3.65. The zero-order chi connectivity index (χ0) is 17.1. The van der Waals surface area contributed by atoms with Crippen LogP contribution in [0.3, 0.4) is 0 Å². The molecule has 1 heterocycles. The second kappa shape index (κ2) is 7.01. The van der Waals surface area contributed by atoms with E-state index in [9.17, 15) is 4.79 Å². The smallest absolute Gasteiger partial charge is 0.277 e. The fourth-order valence-corrected chi connectivity index (χ4v) is 3.07. The maximum Gasteiger partial charge on any atom is 0.277 e. The van der Waals surface area contributed by atoms with Gasteiger partial charge < -0.3 is 4.42 Å². The lowest BCUT2D eigenvalue weighted by Gasteiger charge is -2.07. The number of nitrogens with zero attached hydrogens (tertiary/aromatic N) is 2. The Morgan fingerprint density at radius 1 is 1.04 bits per heavy atom. The van der Waals surface area contributed by atoms with Gasteiger partial charge in [0.1, 0.15) is 0 Å². The van der Waals surface area contributed by atoms with Crippen molar-refractivity contribution in [2.75, 3.05) is 0 Å². The Morgan fingerprint density at radius 2 is 1.79 bits per heavy atom. The largest absolute Gasteiger partial charge is 0.411 e. The second-order valence-corrected chi connectivity index (χ2v) is 7.03. The van der Waals surface area contributed by atoms with Gasteiger partial charge in [0.15, 0.2) is 5.78 Å². The summed E-state index contributed by atoms with van der Waals surface area (Å²) < 4.78 is 5.69. The molecule has 24 heavy (non-hydrogen) atoms. The van der Waals surface area contributed by atoms with E-state index >= 15 is 0 Å². The van der Waals surface area contributed by atoms with Gasteiger partial charge in [-0.25, -0.2) is 0 Å². The molecule has 0 saturated carbocycles. The first-order chi connectivity index (χ1) is 11.5. The number of aromatic nitrogens is 2. The molecule has 0 N–H and O–H groups in total. The van der Waals surface area contributed by atoms with Crippen LogP contribution in [0.2, 0.25) is 0 Å². The van der Waals surface area contributed by atoms with Crippen LogP contribution in [0.4, 0.5) is 0 Å². The molecule has 1 aromatic heterocycles. The van der Waals surface area contributed by atoms with E-state index in [0.29, 0.717) is 16.7 Å². The first kappa shape index (κ1) is 16.5. The zero-order valence-corrected chi connectivity index (χ0v) is 14.6. The summed E-state index contributed by atoms with van der Waals surface area (Å²) >= 11 is 1.28. The average Bonchev–Trinajstić information content (AvgIpc) is 3.03. The Labute approximate surface area is 145 Å². The monoisotopic (exact) mass is 338 g/mol. The van der Waals surface area contributed by atoms with E-state index < -0.39 is 0 Å². The minimum absolute atomic E-state index is 0.0512. The fraction of sp³-hybridized carbons (Fsp3) is 0.211. The molecule has 0 bridgehead atoms. The van der Waals surface area contributed by atoms with Crippen LogP contribution < -0.4 is 0 Å². The number of thioether (sulfide) groups is 1. The molecule has 3 aromatic rings. The van der Waals surface area contributed by atoms with Gasteiger partial charge in [0.05, 0.1) is 5.25 Å². The van der Waals surface area contributed by atoms with E-state index in [-0.39, 0.29) is 11.0 Å². The standard InChI is InChI=1S/C19H18N2O2S/c1-12-7-9-15(10-8-12)17(22)14(3)24-19-21-20-18(23-19)16-6-4-5-13(2)11-16/h4-11,14H,1-3H3/t14-/m0/s1. The van der Waals surface area contributed by atoms with E-state index in [1.165, 1.54) is 11.8 Å². The van der Waals surface area contributed by atoms with Crippen LogP contribution in [0.15, 0.2) is 58.2 Å². The summed E-state index contributed by atoms with van der Waals surface area (Å²) in [6.45, 7) is 5.86. The van der Waals surface area contributed by atoms with Gasteiger partial charge in [0, 0.05) is 11.1 Å². The van der Waals surface area contributed by atoms with Crippen LogP contribution >= 0.6 is 11.8 Å². The normalized spacial score (nSPS) is 12.1. The Bertz CT molecular complexity index is 856. The lowest BCUT2D eigenvalue weighted by Crippen LogP contribution is -2.13. The summed E-state index contributed by atoms with van der Waals surface area (Å²) in [5, 5.41) is 8.23. The number of rotatable bonds is 5. The molecule has 0 fully saturated rings. The maximum atomic E-state index is 12.5. The summed E-state index contributed by atoms with van der Waals surface area (Å²) in [6.07, 6.45) is 0. The van der Waals surface area contributed by atoms with Crippen LogP contribution in [-0.4, -0.2) is 21.2 Å². The molecular formula is C19H18N2O2S. The molecule has 0 aliphatic carbocycles. The summed E-state index contributed by atoms with van der Waals surface area (Å²) in [4.78, 5) is 12.5. The van der Waals surface area contributed by atoms with Crippen molar-refractivity contribution in [1.82, 2.24) is 10.2 Å². The van der Waals surface area contributed by atoms with Crippen LogP contribution in [0, 0.1) is 13.8 Å². The van der Waals surface area contributed by atoms with Crippen LogP contribution in [-0.2, 0) is 0 Å². The molecule has 4 nitrogen and oxygen atoms in total. The predicted molar refractivity (Wildman–Crippen MR) is 95.3 cm³/mol. The van der Waals surface area contributed by atoms with Crippen molar-refractivity contribution in [3.05, 3.63) is 65.2 Å². The van der Waals surface area contributed by atoms with Gasteiger partial charge in [-0.15, -0.1) is 10.2 Å². The van der Waals surface area contributed by atoms with Gasteiger partial charge >= 0.3 is 0 Å². The molecule has 0 aliphatic heterocycles. The van der Waals surface area contributed by atoms with E-state index in [4.69, 9.17) is 4.42 Å². The number of Topliss-reactive ketones (excluding diaryl/α,β-unsaturated/α-hetero) is 1. The minimum atomic E-state index is -0.293. The fourth-order valence-electron chi connectivity index (χ4n) is 2.31. The molecule has 0 spiro atoms. The van der Waals surface area contributed by atoms with E-state index in [1.54, 1.807) is 0 Å². The third kappa shape index (κ3) is 3.74. The maximum absolute atomic E-state index is 12.5. The first-order valence-electron chi connectivity index (χ1n) is 7.71. The zero-order valence-electron chi connectivity index (χ0n) is 13.8. The number of hydrogen-bond acceptors (Lipinski definition) is 5. The van der Waals surface area contributed by atoms with Crippen molar-refractivity contribution in [1.29, 1.82) is 0 Å². The van der Waals surface area contributed by atoms with Crippen molar-refractivity contribution >= 4 is 17.5 Å². The van der Waals surface area contributed by atoms with E-state index in [0.717, 1.165) is 16.7 Å². The highest BCUT2D eigenvalue weighted by molar-refractivity contribution is 8.00. The quantitative estimate of drug-likeness (QED) is 0.498. The van der Waals surface area contributed by atoms with Crippen LogP contribution in [0.1, 0.15) is 28.4 Å². The lowest BCUT2D eigenvalue weighted by molar-refractivity contribution is 0.0993. The van der Waals surface area contributed by atoms with Crippen molar-refractivity contribution in [2.45, 2.75) is 31.2 Å². The Morgan fingerprint density at radius 3 is 2.50 bits per heavy atom. The molecule has 3 rings (SSSR count). The molecule has 0 saturated heterocycles. The molecule has 5 heteroatoms. The van der Waals surface area contributed by atoms with Gasteiger partial charge in [0.2, 0.25) is 5.89 Å². The molecule has 1 atom stereocenters. The number of carbonyl (C=O) groups excluding carboxylic acids is 1. The second-order valence-electron chi connectivity index (χ2n) is 5.73. The van der Waals surface area contributed by atoms with Crippen molar-refractivity contribution in [3.63, 3.8) is 0 Å². The van der Waals surface area contributed by atoms with Crippen LogP contribution in [0.25, 0.3) is 11.5 Å². The Kier molecular flexibility index (Phi) is 4.81. The average molecular weight is 338 g/mol. The Hall–Kier alpha value is -2.40. The molecule has 0 radical (unpaired) electrons. The van der Waals surface area contributed by atoms with Gasteiger partial charge in [-0.05, 0) is 32.9 Å². The van der Waals surface area contributed by atoms with Gasteiger partial charge in [-0.2, -0.15) is 0 Å². The molecule has 0 aliphatic rings. The van der Waals surface area contributed by atoms with Crippen molar-refractivity contribution < 1.29 is 9.21 Å². The third-order valence-corrected chi connectivity index (χ3v) is 4.59. The first-order valence-corrected chi connectivity index (χ1v) is 8.59. The summed E-state index contributed by atoms with van der Waals surface area (Å²) in [5.41, 5.74) is 3.83. The van der Waals surface area contributed by atoms with Crippen LogP contribution in [0.5, 0.6) is 0 Å². The number of ketones is 1. The summed E-state index contributed by atoms with van der Waals surface area (Å²) in [7, 11) is 0. The SMILES string of the molecule is Cc1ccc(C(=O)[C@H](C)Sc2nnc(-c3cccc(C)c3)o2)cc1. The topological polar surface area (TPSA) is 56.0 Å². The molecule has 0 unspecified atom stereocenters. The molecule has 2 aromatic carbocycles. The number of aryl methyl sites for hydroxylation is 2. The molecule has 122 valence electrons. The van der Waals surface area contributed by atoms with Gasteiger partial charge in [-0.1, -0.05) is 59.3 Å².